The molecule has 5 atom stereocenters. The zero-order valence-corrected chi connectivity index (χ0v) is 13.8. The molecule has 0 radical (unpaired) electrons. The predicted octanol–water partition coefficient (Wildman–Crippen LogP) is 4.29. The molecule has 1 fully saturated rings. The van der Waals surface area contributed by atoms with Crippen LogP contribution in [0.2, 0.25) is 0 Å². The zero-order valence-electron chi connectivity index (χ0n) is 13.8. The van der Waals surface area contributed by atoms with Gasteiger partial charge >= 0.3 is 0 Å². The molecular weight excluding hydrogens is 258 g/mol. The number of anilines is 1. The third-order valence-corrected chi connectivity index (χ3v) is 5.50. The summed E-state index contributed by atoms with van der Waals surface area (Å²) in [6, 6.07) is 8.86. The summed E-state index contributed by atoms with van der Waals surface area (Å²) in [5, 5.41) is 0. The lowest BCUT2D eigenvalue weighted by atomic mass is 9.64. The maximum Gasteiger partial charge on any atom is 0.0892 e. The van der Waals surface area contributed by atoms with Crippen molar-refractivity contribution in [3.8, 4) is 0 Å². The molecule has 2 nitrogen and oxygen atoms in total. The Kier molecular flexibility index (Phi) is 3.83. The maximum absolute atomic E-state index is 6.29. The first-order chi connectivity index (χ1) is 9.99. The van der Waals surface area contributed by atoms with Crippen LogP contribution in [0.25, 0.3) is 0 Å². The minimum absolute atomic E-state index is 0.219. The average molecular weight is 285 g/mol. The number of rotatable bonds is 2. The fourth-order valence-corrected chi connectivity index (χ4v) is 4.21. The van der Waals surface area contributed by atoms with E-state index in [2.05, 4.69) is 70.1 Å². The molecule has 1 aromatic carbocycles. The van der Waals surface area contributed by atoms with E-state index in [-0.39, 0.29) is 6.10 Å². The number of fused-ring (bicyclic) bond motifs is 2. The van der Waals surface area contributed by atoms with E-state index in [1.54, 1.807) is 0 Å². The predicted molar refractivity (Wildman–Crippen MR) is 88.5 cm³/mol. The summed E-state index contributed by atoms with van der Waals surface area (Å²) in [6.07, 6.45) is 2.69. The van der Waals surface area contributed by atoms with Crippen molar-refractivity contribution >= 4 is 5.69 Å². The Balaban J connectivity index is 1.90. The largest absolute Gasteiger partial charge is 0.378 e. The van der Waals surface area contributed by atoms with Gasteiger partial charge in [0, 0.05) is 25.7 Å². The van der Waals surface area contributed by atoms with Gasteiger partial charge in [-0.1, -0.05) is 37.6 Å². The third kappa shape index (κ3) is 2.50. The second-order valence-electron chi connectivity index (χ2n) is 7.06. The number of nitrogens with zero attached hydrogens (tertiary/aromatic N) is 1. The van der Waals surface area contributed by atoms with Crippen molar-refractivity contribution in [1.29, 1.82) is 0 Å². The molecule has 3 rings (SSSR count). The summed E-state index contributed by atoms with van der Waals surface area (Å²) in [7, 11) is 4.16. The highest BCUT2D eigenvalue weighted by Crippen LogP contribution is 2.49. The molecule has 0 spiro atoms. The van der Waals surface area contributed by atoms with Gasteiger partial charge in [0.2, 0.25) is 0 Å². The topological polar surface area (TPSA) is 12.5 Å². The Morgan fingerprint density at radius 3 is 2.38 bits per heavy atom. The highest BCUT2D eigenvalue weighted by atomic mass is 16.5. The van der Waals surface area contributed by atoms with Crippen LogP contribution >= 0.6 is 0 Å². The van der Waals surface area contributed by atoms with Gasteiger partial charge in [0.15, 0.2) is 0 Å². The zero-order chi connectivity index (χ0) is 15.1. The van der Waals surface area contributed by atoms with Crippen LogP contribution in [0.4, 0.5) is 5.69 Å². The Morgan fingerprint density at radius 1 is 1.10 bits per heavy atom. The first-order valence-electron chi connectivity index (χ1n) is 8.06. The van der Waals surface area contributed by atoms with Crippen molar-refractivity contribution in [3.05, 3.63) is 41.5 Å². The van der Waals surface area contributed by atoms with Gasteiger partial charge in [-0.3, -0.25) is 0 Å². The molecule has 0 unspecified atom stereocenters. The molecule has 2 heteroatoms. The molecule has 0 aromatic heterocycles. The summed E-state index contributed by atoms with van der Waals surface area (Å²) in [4.78, 5) is 2.14. The molecule has 1 aliphatic heterocycles. The van der Waals surface area contributed by atoms with Gasteiger partial charge in [0.1, 0.15) is 0 Å². The van der Waals surface area contributed by atoms with E-state index < -0.39 is 0 Å². The van der Waals surface area contributed by atoms with Crippen LogP contribution in [0.15, 0.2) is 35.9 Å². The van der Waals surface area contributed by atoms with Crippen LogP contribution < -0.4 is 4.90 Å². The first kappa shape index (κ1) is 14.6. The normalized spacial score (nSPS) is 35.3. The molecule has 1 aromatic rings. The maximum atomic E-state index is 6.29. The fourth-order valence-electron chi connectivity index (χ4n) is 4.21. The molecule has 21 heavy (non-hydrogen) atoms. The van der Waals surface area contributed by atoms with Gasteiger partial charge in [-0.15, -0.1) is 0 Å². The number of benzene rings is 1. The van der Waals surface area contributed by atoms with E-state index in [9.17, 15) is 0 Å². The second kappa shape index (κ2) is 5.49. The quantitative estimate of drug-likeness (QED) is 0.752. The van der Waals surface area contributed by atoms with E-state index in [0.29, 0.717) is 23.7 Å². The number of allylic oxidation sites excluding steroid dienone is 1. The van der Waals surface area contributed by atoms with Crippen molar-refractivity contribution < 1.29 is 4.74 Å². The lowest BCUT2D eigenvalue weighted by Crippen LogP contribution is -2.42. The minimum atomic E-state index is 0.219. The molecular formula is C19H27NO. The fraction of sp³-hybridized carbons (Fsp3) is 0.579. The summed E-state index contributed by atoms with van der Waals surface area (Å²) >= 11 is 0. The summed E-state index contributed by atoms with van der Waals surface area (Å²) < 4.78 is 6.29. The standard InChI is InChI=1S/C19H27NO/c1-12-10-13(2)18-14(3)17(12)11-21-19(18)15-6-8-16(9-7-15)20(4)5/h6-10,12,14,17-19H,11H2,1-5H3/t12-,14+,17-,18-,19-/m0/s1. The number of ether oxygens (including phenoxy) is 1. The second-order valence-corrected chi connectivity index (χ2v) is 7.06. The van der Waals surface area contributed by atoms with Gasteiger partial charge in [-0.25, -0.2) is 0 Å². The van der Waals surface area contributed by atoms with E-state index >= 15 is 0 Å². The lowest BCUT2D eigenvalue weighted by Gasteiger charge is -2.47. The van der Waals surface area contributed by atoms with Crippen molar-refractivity contribution in [2.45, 2.75) is 26.9 Å². The van der Waals surface area contributed by atoms with Gasteiger partial charge in [0.05, 0.1) is 12.7 Å². The molecule has 1 saturated heterocycles. The van der Waals surface area contributed by atoms with E-state index in [4.69, 9.17) is 4.74 Å². The van der Waals surface area contributed by atoms with Crippen LogP contribution in [-0.2, 0) is 4.74 Å². The van der Waals surface area contributed by atoms with Crippen molar-refractivity contribution in [2.75, 3.05) is 25.6 Å². The van der Waals surface area contributed by atoms with Crippen molar-refractivity contribution in [2.24, 2.45) is 23.7 Å². The SMILES string of the molecule is CC1=C[C@H](C)[C@@H]2CO[C@@H](c3ccc(N(C)C)cc3)[C@@H]1[C@@H]2C. The highest BCUT2D eigenvalue weighted by Gasteiger charge is 2.43. The van der Waals surface area contributed by atoms with Gasteiger partial charge in [0.25, 0.3) is 0 Å². The third-order valence-electron chi connectivity index (χ3n) is 5.50. The van der Waals surface area contributed by atoms with E-state index in [0.717, 1.165) is 6.61 Å². The minimum Gasteiger partial charge on any atom is -0.378 e. The molecule has 1 heterocycles. The highest BCUT2D eigenvalue weighted by molar-refractivity contribution is 5.46. The monoisotopic (exact) mass is 285 g/mol. The molecule has 1 aliphatic carbocycles. The first-order valence-corrected chi connectivity index (χ1v) is 8.06. The Hall–Kier alpha value is -1.28. The Labute approximate surface area is 128 Å². The van der Waals surface area contributed by atoms with E-state index in [1.165, 1.54) is 16.8 Å². The van der Waals surface area contributed by atoms with Gasteiger partial charge < -0.3 is 9.64 Å². The molecule has 0 saturated carbocycles. The molecule has 2 aliphatic rings. The Bertz CT molecular complexity index is 531. The van der Waals surface area contributed by atoms with Gasteiger partial charge in [-0.2, -0.15) is 0 Å². The molecule has 114 valence electrons. The lowest BCUT2D eigenvalue weighted by molar-refractivity contribution is -0.0934. The average Bonchev–Trinajstić information content (AvgIpc) is 2.44. The number of hydrogen-bond acceptors (Lipinski definition) is 2. The molecule has 0 N–H and O–H groups in total. The van der Waals surface area contributed by atoms with E-state index in [1.807, 2.05) is 0 Å². The molecule has 2 bridgehead atoms. The smallest absolute Gasteiger partial charge is 0.0892 e. The van der Waals surface area contributed by atoms with Crippen molar-refractivity contribution in [3.63, 3.8) is 0 Å². The van der Waals surface area contributed by atoms with Crippen molar-refractivity contribution in [1.82, 2.24) is 0 Å². The van der Waals surface area contributed by atoms with Crippen LogP contribution in [0, 0.1) is 23.7 Å². The van der Waals surface area contributed by atoms with Gasteiger partial charge in [-0.05, 0) is 42.4 Å². The summed E-state index contributed by atoms with van der Waals surface area (Å²) in [6.45, 7) is 7.91. The number of hydrogen-bond donors (Lipinski definition) is 0. The van der Waals surface area contributed by atoms with Crippen LogP contribution in [0.3, 0.4) is 0 Å². The molecule has 0 amide bonds. The summed E-state index contributed by atoms with van der Waals surface area (Å²) in [5.41, 5.74) is 4.07. The Morgan fingerprint density at radius 2 is 1.76 bits per heavy atom. The van der Waals surface area contributed by atoms with Crippen LogP contribution in [-0.4, -0.2) is 20.7 Å². The van der Waals surface area contributed by atoms with Crippen LogP contribution in [0.5, 0.6) is 0 Å². The van der Waals surface area contributed by atoms with Crippen LogP contribution in [0.1, 0.15) is 32.4 Å². The summed E-state index contributed by atoms with van der Waals surface area (Å²) in [5.74, 6) is 2.56.